The Morgan fingerprint density at radius 2 is 2.14 bits per heavy atom. The molecule has 7 heteroatoms. The summed E-state index contributed by atoms with van der Waals surface area (Å²) in [5.74, 6) is 0.183. The molecule has 1 aromatic heterocycles. The largest absolute Gasteiger partial charge is 0.481 e. The smallest absolute Gasteiger partial charge is 0.238 e. The molecular formula is C14H20N4O3. The molecule has 21 heavy (non-hydrogen) atoms. The summed E-state index contributed by atoms with van der Waals surface area (Å²) >= 11 is 0. The molecule has 0 aliphatic heterocycles. The highest BCUT2D eigenvalue weighted by molar-refractivity contribution is 6.11. The van der Waals surface area contributed by atoms with E-state index >= 15 is 0 Å². The van der Waals surface area contributed by atoms with Crippen molar-refractivity contribution in [3.63, 3.8) is 0 Å². The molecule has 1 amide bonds. The van der Waals surface area contributed by atoms with E-state index in [2.05, 4.69) is 15.5 Å². The van der Waals surface area contributed by atoms with E-state index in [0.717, 1.165) is 19.3 Å². The summed E-state index contributed by atoms with van der Waals surface area (Å²) in [4.78, 5) is 16.6. The monoisotopic (exact) mass is 292 g/mol. The maximum absolute atomic E-state index is 12.6. The highest BCUT2D eigenvalue weighted by Gasteiger charge is 2.43. The minimum atomic E-state index is -0.938. The van der Waals surface area contributed by atoms with Crippen molar-refractivity contribution in [1.82, 2.24) is 4.98 Å². The molecule has 1 aliphatic rings. The van der Waals surface area contributed by atoms with Gasteiger partial charge in [0.25, 0.3) is 0 Å². The fraction of sp³-hybridized carbons (Fsp3) is 0.500. The Hall–Kier alpha value is -2.31. The van der Waals surface area contributed by atoms with Gasteiger partial charge in [0.15, 0.2) is 5.84 Å². The molecule has 1 fully saturated rings. The van der Waals surface area contributed by atoms with Crippen LogP contribution < -0.4 is 15.8 Å². The molecule has 0 spiro atoms. The number of hydrogen-bond acceptors (Lipinski definition) is 5. The third-order valence-electron chi connectivity index (χ3n) is 3.94. The van der Waals surface area contributed by atoms with E-state index in [0.29, 0.717) is 24.4 Å². The lowest BCUT2D eigenvalue weighted by atomic mass is 9.72. The Morgan fingerprint density at radius 1 is 1.43 bits per heavy atom. The van der Waals surface area contributed by atoms with Crippen molar-refractivity contribution >= 4 is 17.4 Å². The molecule has 7 nitrogen and oxygen atoms in total. The maximum Gasteiger partial charge on any atom is 0.238 e. The summed E-state index contributed by atoms with van der Waals surface area (Å²) in [7, 11) is 1.52. The van der Waals surface area contributed by atoms with Crippen molar-refractivity contribution in [3.05, 3.63) is 18.3 Å². The molecule has 4 N–H and O–H groups in total. The number of amides is 1. The first-order chi connectivity index (χ1) is 10.1. The summed E-state index contributed by atoms with van der Waals surface area (Å²) in [6, 6.07) is 3.36. The average molecular weight is 292 g/mol. The Balaban J connectivity index is 2.18. The molecule has 0 atom stereocenters. The van der Waals surface area contributed by atoms with Gasteiger partial charge >= 0.3 is 0 Å². The number of nitrogens with one attached hydrogen (secondary N) is 1. The number of hydrogen-bond donors (Lipinski definition) is 3. The molecular weight excluding hydrogens is 272 g/mol. The number of pyridine rings is 1. The van der Waals surface area contributed by atoms with Crippen LogP contribution >= 0.6 is 0 Å². The lowest BCUT2D eigenvalue weighted by Gasteiger charge is -2.34. The Kier molecular flexibility index (Phi) is 4.62. The second-order valence-electron chi connectivity index (χ2n) is 5.17. The van der Waals surface area contributed by atoms with Gasteiger partial charge in [0.05, 0.1) is 19.0 Å². The number of methoxy groups -OCH3 is 1. The van der Waals surface area contributed by atoms with Gasteiger partial charge in [0.1, 0.15) is 5.41 Å². The van der Waals surface area contributed by atoms with Crippen LogP contribution in [0.15, 0.2) is 23.5 Å². The van der Waals surface area contributed by atoms with Crippen LogP contribution in [0.5, 0.6) is 5.88 Å². The van der Waals surface area contributed by atoms with Crippen LogP contribution in [-0.2, 0) is 4.79 Å². The number of carbonyl (C=O) groups is 1. The van der Waals surface area contributed by atoms with E-state index in [1.807, 2.05) is 0 Å². The normalized spacial score (nSPS) is 18.0. The fourth-order valence-corrected chi connectivity index (χ4v) is 2.68. The number of ether oxygens (including phenoxy) is 1. The van der Waals surface area contributed by atoms with Crippen molar-refractivity contribution < 1.29 is 14.7 Å². The van der Waals surface area contributed by atoms with Gasteiger partial charge in [-0.05, 0) is 18.9 Å². The van der Waals surface area contributed by atoms with Crippen molar-refractivity contribution in [2.24, 2.45) is 16.3 Å². The predicted molar refractivity (Wildman–Crippen MR) is 78.3 cm³/mol. The summed E-state index contributed by atoms with van der Waals surface area (Å²) in [5.41, 5.74) is 5.40. The molecule has 0 saturated heterocycles. The number of rotatable bonds is 4. The van der Waals surface area contributed by atoms with Crippen LogP contribution in [0.3, 0.4) is 0 Å². The van der Waals surface area contributed by atoms with Gasteiger partial charge in [-0.15, -0.1) is 0 Å². The van der Waals surface area contributed by atoms with Crippen LogP contribution in [-0.4, -0.2) is 29.0 Å². The lowest BCUT2D eigenvalue weighted by Crippen LogP contribution is -2.48. The number of oxime groups is 1. The minimum Gasteiger partial charge on any atom is -0.481 e. The van der Waals surface area contributed by atoms with E-state index in [1.165, 1.54) is 13.3 Å². The van der Waals surface area contributed by atoms with Crippen LogP contribution in [0.25, 0.3) is 0 Å². The molecule has 0 aromatic carbocycles. The van der Waals surface area contributed by atoms with Gasteiger partial charge in [-0.3, -0.25) is 4.79 Å². The minimum absolute atomic E-state index is 0.0267. The number of nitrogens with zero attached hydrogens (tertiary/aromatic N) is 2. The molecule has 0 radical (unpaired) electrons. The highest BCUT2D eigenvalue weighted by Crippen LogP contribution is 2.37. The Bertz CT molecular complexity index is 522. The van der Waals surface area contributed by atoms with Crippen LogP contribution in [0.2, 0.25) is 0 Å². The molecule has 1 saturated carbocycles. The molecule has 2 rings (SSSR count). The molecule has 1 aromatic rings. The third-order valence-corrected chi connectivity index (χ3v) is 3.94. The zero-order chi connectivity index (χ0) is 15.3. The summed E-state index contributed by atoms with van der Waals surface area (Å²) in [5, 5.41) is 14.9. The van der Waals surface area contributed by atoms with Gasteiger partial charge in [-0.1, -0.05) is 24.4 Å². The quantitative estimate of drug-likeness (QED) is 0.339. The van der Waals surface area contributed by atoms with E-state index in [1.54, 1.807) is 12.1 Å². The number of anilines is 1. The summed E-state index contributed by atoms with van der Waals surface area (Å²) in [6.45, 7) is 0. The third kappa shape index (κ3) is 3.07. The van der Waals surface area contributed by atoms with Crippen molar-refractivity contribution in [2.45, 2.75) is 32.1 Å². The summed E-state index contributed by atoms with van der Waals surface area (Å²) in [6.07, 6.45) is 5.49. The molecule has 1 heterocycles. The van der Waals surface area contributed by atoms with Gasteiger partial charge in [0, 0.05) is 6.07 Å². The van der Waals surface area contributed by atoms with Crippen LogP contribution in [0, 0.1) is 5.41 Å². The molecule has 1 aliphatic carbocycles. The van der Waals surface area contributed by atoms with E-state index in [9.17, 15) is 4.79 Å². The second kappa shape index (κ2) is 6.43. The number of nitrogens with two attached hydrogens (primary N) is 1. The van der Waals surface area contributed by atoms with E-state index in [4.69, 9.17) is 15.7 Å². The van der Waals surface area contributed by atoms with Crippen molar-refractivity contribution in [2.75, 3.05) is 12.4 Å². The zero-order valence-electron chi connectivity index (χ0n) is 12.0. The average Bonchev–Trinajstić information content (AvgIpc) is 2.55. The van der Waals surface area contributed by atoms with Crippen molar-refractivity contribution in [3.8, 4) is 5.88 Å². The maximum atomic E-state index is 12.6. The van der Waals surface area contributed by atoms with Crippen molar-refractivity contribution in [1.29, 1.82) is 0 Å². The number of carbonyl (C=O) groups excluding carboxylic acids is 1. The first kappa shape index (κ1) is 15.1. The second-order valence-corrected chi connectivity index (χ2v) is 5.17. The standard InChI is InChI=1S/C14H20N4O3/c1-21-11-6-5-10(9-16-11)17-13(19)14(12(15)18-20)7-3-2-4-8-14/h5-6,9,20H,2-4,7-8H2,1H3,(H2,15,18)(H,17,19). The highest BCUT2D eigenvalue weighted by atomic mass is 16.5. The fourth-order valence-electron chi connectivity index (χ4n) is 2.68. The van der Waals surface area contributed by atoms with Gasteiger partial charge in [0.2, 0.25) is 11.8 Å². The molecule has 0 bridgehead atoms. The SMILES string of the molecule is COc1ccc(NC(=O)C2(C(N)=NO)CCCCC2)cn1. The van der Waals surface area contributed by atoms with Crippen LogP contribution in [0.1, 0.15) is 32.1 Å². The summed E-state index contributed by atoms with van der Waals surface area (Å²) < 4.78 is 4.97. The zero-order valence-corrected chi connectivity index (χ0v) is 12.0. The molecule has 0 unspecified atom stereocenters. The number of aromatic nitrogens is 1. The molecule has 114 valence electrons. The first-order valence-electron chi connectivity index (χ1n) is 6.92. The van der Waals surface area contributed by atoms with Gasteiger partial charge in [-0.25, -0.2) is 4.98 Å². The van der Waals surface area contributed by atoms with Gasteiger partial charge in [-0.2, -0.15) is 0 Å². The predicted octanol–water partition coefficient (Wildman–Crippen LogP) is 1.73. The van der Waals surface area contributed by atoms with E-state index < -0.39 is 5.41 Å². The van der Waals surface area contributed by atoms with E-state index in [-0.39, 0.29) is 11.7 Å². The van der Waals surface area contributed by atoms with Gasteiger partial charge < -0.3 is 21.0 Å². The Morgan fingerprint density at radius 3 is 2.67 bits per heavy atom. The topological polar surface area (TPSA) is 110 Å². The van der Waals surface area contributed by atoms with Crippen LogP contribution in [0.4, 0.5) is 5.69 Å². The first-order valence-corrected chi connectivity index (χ1v) is 6.92. The lowest BCUT2D eigenvalue weighted by molar-refractivity contribution is -0.123. The Labute approximate surface area is 123 Å². The number of amidine groups is 1.